The standard InChI is InChI=1S/C15H22N2O2/c1-12(13-7-3-2-4-8-13)16-15(19)17-10-6-5-9-14(17)11-18/h2-4,7-8,12,14,18H,5-6,9-11H2,1H3,(H,16,19). The van der Waals surface area contributed by atoms with Gasteiger partial charge < -0.3 is 15.3 Å². The molecule has 1 aromatic rings. The van der Waals surface area contributed by atoms with Crippen molar-refractivity contribution in [1.82, 2.24) is 10.2 Å². The largest absolute Gasteiger partial charge is 0.394 e. The van der Waals surface area contributed by atoms with Crippen molar-refractivity contribution in [3.05, 3.63) is 35.9 Å². The molecule has 1 saturated heterocycles. The quantitative estimate of drug-likeness (QED) is 0.878. The molecule has 0 spiro atoms. The molecule has 1 heterocycles. The van der Waals surface area contributed by atoms with Crippen molar-refractivity contribution in [1.29, 1.82) is 0 Å². The number of nitrogens with one attached hydrogen (secondary N) is 1. The van der Waals surface area contributed by atoms with Crippen LogP contribution in [0.1, 0.15) is 37.8 Å². The number of carbonyl (C=O) groups excluding carboxylic acids is 1. The van der Waals surface area contributed by atoms with Gasteiger partial charge in [-0.1, -0.05) is 30.3 Å². The lowest BCUT2D eigenvalue weighted by molar-refractivity contribution is 0.106. The molecule has 19 heavy (non-hydrogen) atoms. The first-order chi connectivity index (χ1) is 9.22. The molecule has 0 aliphatic carbocycles. The van der Waals surface area contributed by atoms with Crippen LogP contribution in [0.4, 0.5) is 4.79 Å². The van der Waals surface area contributed by atoms with E-state index in [9.17, 15) is 9.90 Å². The highest BCUT2D eigenvalue weighted by Crippen LogP contribution is 2.18. The van der Waals surface area contributed by atoms with E-state index < -0.39 is 0 Å². The first-order valence-corrected chi connectivity index (χ1v) is 6.95. The van der Waals surface area contributed by atoms with Crippen molar-refractivity contribution in [2.45, 2.75) is 38.3 Å². The van der Waals surface area contributed by atoms with E-state index in [1.807, 2.05) is 37.3 Å². The molecule has 0 aromatic heterocycles. The average Bonchev–Trinajstić information content (AvgIpc) is 2.48. The highest BCUT2D eigenvalue weighted by atomic mass is 16.3. The Balaban J connectivity index is 1.96. The van der Waals surface area contributed by atoms with E-state index in [1.165, 1.54) is 0 Å². The fourth-order valence-corrected chi connectivity index (χ4v) is 2.55. The van der Waals surface area contributed by atoms with E-state index in [4.69, 9.17) is 0 Å². The van der Waals surface area contributed by atoms with Gasteiger partial charge in [0.05, 0.1) is 18.7 Å². The summed E-state index contributed by atoms with van der Waals surface area (Å²) in [6.07, 6.45) is 3.00. The SMILES string of the molecule is CC(NC(=O)N1CCCCC1CO)c1ccccc1. The molecule has 1 aromatic carbocycles. The number of piperidine rings is 1. The number of benzene rings is 1. The Morgan fingerprint density at radius 1 is 1.42 bits per heavy atom. The molecule has 104 valence electrons. The van der Waals surface area contributed by atoms with E-state index in [2.05, 4.69) is 5.32 Å². The summed E-state index contributed by atoms with van der Waals surface area (Å²) in [7, 11) is 0. The van der Waals surface area contributed by atoms with Gasteiger partial charge in [-0.15, -0.1) is 0 Å². The van der Waals surface area contributed by atoms with Crippen LogP contribution in [0, 0.1) is 0 Å². The molecule has 0 saturated carbocycles. The van der Waals surface area contributed by atoms with Crippen LogP contribution in [0.15, 0.2) is 30.3 Å². The van der Waals surface area contributed by atoms with Gasteiger partial charge in [0, 0.05) is 6.54 Å². The lowest BCUT2D eigenvalue weighted by Crippen LogP contribution is -2.50. The molecule has 2 rings (SSSR count). The van der Waals surface area contributed by atoms with E-state index >= 15 is 0 Å². The molecule has 2 unspecified atom stereocenters. The van der Waals surface area contributed by atoms with Gasteiger partial charge in [0.25, 0.3) is 0 Å². The van der Waals surface area contributed by atoms with Crippen molar-refractivity contribution in [2.24, 2.45) is 0 Å². The van der Waals surface area contributed by atoms with Crippen LogP contribution < -0.4 is 5.32 Å². The first kappa shape index (κ1) is 13.9. The molecule has 0 bridgehead atoms. The van der Waals surface area contributed by atoms with Gasteiger partial charge in [-0.3, -0.25) is 0 Å². The zero-order chi connectivity index (χ0) is 13.7. The molecule has 1 fully saturated rings. The molecule has 2 N–H and O–H groups in total. The summed E-state index contributed by atoms with van der Waals surface area (Å²) in [5, 5.41) is 12.3. The Morgan fingerprint density at radius 2 is 2.16 bits per heavy atom. The number of aliphatic hydroxyl groups excluding tert-OH is 1. The Kier molecular flexibility index (Phi) is 4.80. The van der Waals surface area contributed by atoms with Gasteiger partial charge >= 0.3 is 6.03 Å². The average molecular weight is 262 g/mol. The smallest absolute Gasteiger partial charge is 0.318 e. The summed E-state index contributed by atoms with van der Waals surface area (Å²) < 4.78 is 0. The molecule has 0 radical (unpaired) electrons. The van der Waals surface area contributed by atoms with E-state index in [-0.39, 0.29) is 24.7 Å². The second-order valence-corrected chi connectivity index (χ2v) is 5.11. The summed E-state index contributed by atoms with van der Waals surface area (Å²) in [5.74, 6) is 0. The second kappa shape index (κ2) is 6.57. The minimum absolute atomic E-state index is 0.0185. The van der Waals surface area contributed by atoms with Crippen molar-refractivity contribution < 1.29 is 9.90 Å². The maximum absolute atomic E-state index is 12.3. The van der Waals surface area contributed by atoms with Gasteiger partial charge in [0.2, 0.25) is 0 Å². The molecule has 4 nitrogen and oxygen atoms in total. The number of rotatable bonds is 3. The van der Waals surface area contributed by atoms with Crippen molar-refractivity contribution in [2.75, 3.05) is 13.2 Å². The highest BCUT2D eigenvalue weighted by Gasteiger charge is 2.26. The first-order valence-electron chi connectivity index (χ1n) is 6.95. The Labute approximate surface area is 114 Å². The number of carbonyl (C=O) groups is 1. The molecule has 2 atom stereocenters. The number of aliphatic hydroxyl groups is 1. The van der Waals surface area contributed by atoms with Crippen LogP contribution in [0.25, 0.3) is 0 Å². The van der Waals surface area contributed by atoms with Gasteiger partial charge in [-0.2, -0.15) is 0 Å². The lowest BCUT2D eigenvalue weighted by atomic mass is 10.0. The Morgan fingerprint density at radius 3 is 2.84 bits per heavy atom. The van der Waals surface area contributed by atoms with E-state index in [0.29, 0.717) is 0 Å². The summed E-state index contributed by atoms with van der Waals surface area (Å²) >= 11 is 0. The second-order valence-electron chi connectivity index (χ2n) is 5.11. The summed E-state index contributed by atoms with van der Waals surface area (Å²) in [6, 6.07) is 9.78. The molecular formula is C15H22N2O2. The minimum Gasteiger partial charge on any atom is -0.394 e. The number of hydrogen-bond acceptors (Lipinski definition) is 2. The third kappa shape index (κ3) is 3.47. The van der Waals surface area contributed by atoms with Crippen molar-refractivity contribution >= 4 is 6.03 Å². The third-order valence-electron chi connectivity index (χ3n) is 3.74. The third-order valence-corrected chi connectivity index (χ3v) is 3.74. The summed E-state index contributed by atoms with van der Waals surface area (Å²) in [4.78, 5) is 14.0. The topological polar surface area (TPSA) is 52.6 Å². The molecular weight excluding hydrogens is 240 g/mol. The summed E-state index contributed by atoms with van der Waals surface area (Å²) in [6.45, 7) is 2.76. The van der Waals surface area contributed by atoms with Gasteiger partial charge in [-0.25, -0.2) is 4.79 Å². The van der Waals surface area contributed by atoms with Crippen LogP contribution in [-0.2, 0) is 0 Å². The molecule has 4 heteroatoms. The Bertz CT molecular complexity index is 408. The highest BCUT2D eigenvalue weighted by molar-refractivity contribution is 5.75. The van der Waals surface area contributed by atoms with Crippen LogP contribution >= 0.6 is 0 Å². The molecule has 1 aliphatic heterocycles. The van der Waals surface area contributed by atoms with E-state index in [0.717, 1.165) is 31.4 Å². The molecule has 2 amide bonds. The minimum atomic E-state index is -0.0740. The number of amides is 2. The fraction of sp³-hybridized carbons (Fsp3) is 0.533. The van der Waals surface area contributed by atoms with E-state index in [1.54, 1.807) is 4.90 Å². The zero-order valence-electron chi connectivity index (χ0n) is 11.4. The van der Waals surface area contributed by atoms with Crippen LogP contribution in [0.3, 0.4) is 0 Å². The van der Waals surface area contributed by atoms with Gasteiger partial charge in [-0.05, 0) is 31.7 Å². The zero-order valence-corrected chi connectivity index (χ0v) is 11.4. The van der Waals surface area contributed by atoms with Crippen molar-refractivity contribution in [3.8, 4) is 0 Å². The van der Waals surface area contributed by atoms with Crippen LogP contribution in [0.2, 0.25) is 0 Å². The fourth-order valence-electron chi connectivity index (χ4n) is 2.55. The number of hydrogen-bond donors (Lipinski definition) is 2. The van der Waals surface area contributed by atoms with Gasteiger partial charge in [0.1, 0.15) is 0 Å². The monoisotopic (exact) mass is 262 g/mol. The van der Waals surface area contributed by atoms with Crippen LogP contribution in [-0.4, -0.2) is 35.2 Å². The number of likely N-dealkylation sites (tertiary alicyclic amines) is 1. The maximum atomic E-state index is 12.3. The maximum Gasteiger partial charge on any atom is 0.318 e. The predicted octanol–water partition coefficient (Wildman–Crippen LogP) is 2.30. The van der Waals surface area contributed by atoms with Crippen LogP contribution in [0.5, 0.6) is 0 Å². The Hall–Kier alpha value is -1.55. The number of nitrogens with zero attached hydrogens (tertiary/aromatic N) is 1. The summed E-state index contributed by atoms with van der Waals surface area (Å²) in [5.41, 5.74) is 1.09. The molecule has 1 aliphatic rings. The number of urea groups is 1. The normalized spacial score (nSPS) is 20.9. The van der Waals surface area contributed by atoms with Crippen molar-refractivity contribution in [3.63, 3.8) is 0 Å². The lowest BCUT2D eigenvalue weighted by Gasteiger charge is -2.35. The predicted molar refractivity (Wildman–Crippen MR) is 74.8 cm³/mol. The van der Waals surface area contributed by atoms with Gasteiger partial charge in [0.15, 0.2) is 0 Å².